The molecule has 1 aliphatic carbocycles. The second kappa shape index (κ2) is 9.29. The van der Waals surface area contributed by atoms with Crippen molar-refractivity contribution >= 4 is 33.4 Å². The summed E-state index contributed by atoms with van der Waals surface area (Å²) in [5, 5.41) is 3.32. The second-order valence-corrected chi connectivity index (χ2v) is 7.90. The monoisotopic (exact) mass is 407 g/mol. The van der Waals surface area contributed by atoms with Crippen LogP contribution < -0.4 is 10.9 Å². The normalized spacial score (nSPS) is 14.5. The average molecular weight is 407 g/mol. The van der Waals surface area contributed by atoms with Gasteiger partial charge in [-0.3, -0.25) is 14.4 Å². The number of H-pyrrole nitrogens is 1. The van der Waals surface area contributed by atoms with Gasteiger partial charge in [0.15, 0.2) is 6.10 Å². The number of nitrogens with one attached hydrogen (secondary N) is 2. The molecule has 0 aromatic carbocycles. The Morgan fingerprint density at radius 3 is 2.89 bits per heavy atom. The molecule has 28 heavy (non-hydrogen) atoms. The Kier molecular flexibility index (Phi) is 6.79. The van der Waals surface area contributed by atoms with Crippen molar-refractivity contribution in [2.75, 3.05) is 20.3 Å². The van der Waals surface area contributed by atoms with Crippen molar-refractivity contribution in [2.24, 2.45) is 0 Å². The van der Waals surface area contributed by atoms with E-state index in [1.165, 1.54) is 18.9 Å². The number of amides is 1. The first-order chi connectivity index (χ1) is 13.5. The summed E-state index contributed by atoms with van der Waals surface area (Å²) in [5.41, 5.74) is 0.998. The lowest BCUT2D eigenvalue weighted by Gasteiger charge is -2.13. The van der Waals surface area contributed by atoms with E-state index in [1.54, 1.807) is 11.3 Å². The van der Waals surface area contributed by atoms with E-state index in [9.17, 15) is 14.4 Å². The average Bonchev–Trinajstić information content (AvgIpc) is 3.05. The Labute approximate surface area is 166 Å². The first-order valence-electron chi connectivity index (χ1n) is 9.49. The number of aromatic nitrogens is 2. The van der Waals surface area contributed by atoms with Crippen LogP contribution in [-0.2, 0) is 38.3 Å². The molecule has 0 fully saturated rings. The van der Waals surface area contributed by atoms with E-state index < -0.39 is 12.1 Å². The molecule has 0 bridgehead atoms. The zero-order valence-electron chi connectivity index (χ0n) is 16.1. The summed E-state index contributed by atoms with van der Waals surface area (Å²) in [6.45, 7) is 2.26. The number of esters is 1. The third-order valence-electron chi connectivity index (χ3n) is 4.72. The van der Waals surface area contributed by atoms with Crippen molar-refractivity contribution in [1.82, 2.24) is 15.3 Å². The van der Waals surface area contributed by atoms with Gasteiger partial charge in [-0.2, -0.15) is 0 Å². The fourth-order valence-electron chi connectivity index (χ4n) is 3.28. The third-order valence-corrected chi connectivity index (χ3v) is 5.91. The van der Waals surface area contributed by atoms with Crippen molar-refractivity contribution in [3.63, 3.8) is 0 Å². The highest BCUT2D eigenvalue weighted by molar-refractivity contribution is 7.18. The lowest BCUT2D eigenvalue weighted by Crippen LogP contribution is -2.37. The van der Waals surface area contributed by atoms with Gasteiger partial charge in [0.2, 0.25) is 0 Å². The Hall–Kier alpha value is -2.26. The van der Waals surface area contributed by atoms with Crippen LogP contribution in [0.5, 0.6) is 0 Å². The summed E-state index contributed by atoms with van der Waals surface area (Å²) in [5.74, 6) is -0.421. The highest BCUT2D eigenvalue weighted by atomic mass is 32.1. The number of aryl methyl sites for hydroxylation is 3. The van der Waals surface area contributed by atoms with Gasteiger partial charge >= 0.3 is 5.97 Å². The van der Waals surface area contributed by atoms with Crippen LogP contribution in [0.2, 0.25) is 0 Å². The van der Waals surface area contributed by atoms with Crippen molar-refractivity contribution in [3.05, 3.63) is 26.6 Å². The molecule has 1 amide bonds. The van der Waals surface area contributed by atoms with Crippen LogP contribution in [-0.4, -0.2) is 48.2 Å². The number of aromatic amines is 1. The number of hydrogen-bond donors (Lipinski definition) is 2. The molecule has 9 heteroatoms. The fraction of sp³-hybridized carbons (Fsp3) is 0.579. The van der Waals surface area contributed by atoms with E-state index in [0.717, 1.165) is 36.1 Å². The number of hydrogen-bond acceptors (Lipinski definition) is 7. The van der Waals surface area contributed by atoms with Gasteiger partial charge in [-0.05, 0) is 38.2 Å². The zero-order valence-corrected chi connectivity index (χ0v) is 16.9. The standard InChI is InChI=1S/C19H25N3O5S/c1-11(17(24)20-9-10-26-2)27-15(23)8-7-14-21-18(25)16-12-5-3-4-6-13(12)28-19(16)22-14/h11H,3-10H2,1-2H3,(H,20,24)(H,21,22,25)/t11-/m0/s1. The number of thiophene rings is 1. The molecule has 0 spiro atoms. The lowest BCUT2D eigenvalue weighted by atomic mass is 9.97. The summed E-state index contributed by atoms with van der Waals surface area (Å²) < 4.78 is 9.99. The quantitative estimate of drug-likeness (QED) is 0.507. The summed E-state index contributed by atoms with van der Waals surface area (Å²) in [6, 6.07) is 0. The van der Waals surface area contributed by atoms with Crippen LogP contribution in [0.25, 0.3) is 10.2 Å². The predicted octanol–water partition coefficient (Wildman–Crippen LogP) is 1.49. The largest absolute Gasteiger partial charge is 0.453 e. The zero-order chi connectivity index (χ0) is 20.1. The number of fused-ring (bicyclic) bond motifs is 3. The van der Waals surface area contributed by atoms with Gasteiger partial charge in [0.05, 0.1) is 18.4 Å². The summed E-state index contributed by atoms with van der Waals surface area (Å²) in [7, 11) is 1.54. The van der Waals surface area contributed by atoms with Gasteiger partial charge in [0.1, 0.15) is 10.7 Å². The van der Waals surface area contributed by atoms with E-state index >= 15 is 0 Å². The first-order valence-corrected chi connectivity index (χ1v) is 10.3. The maximum atomic E-state index is 12.5. The molecular formula is C19H25N3O5S. The maximum Gasteiger partial charge on any atom is 0.307 e. The van der Waals surface area contributed by atoms with E-state index in [4.69, 9.17) is 9.47 Å². The molecule has 1 aliphatic rings. The van der Waals surface area contributed by atoms with Gasteiger partial charge < -0.3 is 19.8 Å². The van der Waals surface area contributed by atoms with Crippen molar-refractivity contribution in [1.29, 1.82) is 0 Å². The van der Waals surface area contributed by atoms with E-state index in [0.29, 0.717) is 24.4 Å². The summed E-state index contributed by atoms with van der Waals surface area (Å²) in [4.78, 5) is 45.7. The van der Waals surface area contributed by atoms with Crippen LogP contribution in [0.3, 0.4) is 0 Å². The number of nitrogens with zero attached hydrogens (tertiary/aromatic N) is 1. The number of rotatable bonds is 8. The maximum absolute atomic E-state index is 12.5. The Balaban J connectivity index is 1.58. The Bertz CT molecular complexity index is 920. The Morgan fingerprint density at radius 2 is 2.11 bits per heavy atom. The fourth-order valence-corrected chi connectivity index (χ4v) is 4.56. The molecule has 1 atom stereocenters. The molecule has 0 aliphatic heterocycles. The number of methoxy groups -OCH3 is 1. The van der Waals surface area contributed by atoms with E-state index in [1.807, 2.05) is 0 Å². The molecule has 152 valence electrons. The van der Waals surface area contributed by atoms with Crippen LogP contribution in [0.15, 0.2) is 4.79 Å². The number of ether oxygens (including phenoxy) is 2. The third kappa shape index (κ3) is 4.77. The molecule has 0 unspecified atom stereocenters. The summed E-state index contributed by atoms with van der Waals surface area (Å²) >= 11 is 1.58. The van der Waals surface area contributed by atoms with Gasteiger partial charge in [0.25, 0.3) is 11.5 Å². The van der Waals surface area contributed by atoms with Gasteiger partial charge in [-0.1, -0.05) is 0 Å². The van der Waals surface area contributed by atoms with Crippen molar-refractivity contribution < 1.29 is 19.1 Å². The molecule has 2 heterocycles. The van der Waals surface area contributed by atoms with Crippen LogP contribution in [0.4, 0.5) is 0 Å². The highest BCUT2D eigenvalue weighted by Gasteiger charge is 2.21. The van der Waals surface area contributed by atoms with Gasteiger partial charge in [0, 0.05) is 25.0 Å². The van der Waals surface area contributed by atoms with Crippen molar-refractivity contribution in [2.45, 2.75) is 51.6 Å². The topological polar surface area (TPSA) is 110 Å². The SMILES string of the molecule is COCCNC(=O)[C@H](C)OC(=O)CCc1nc2sc3c(c2c(=O)[nH]1)CCCC3. The van der Waals surface area contributed by atoms with E-state index in [2.05, 4.69) is 15.3 Å². The molecule has 0 saturated carbocycles. The number of carbonyl (C=O) groups excluding carboxylic acids is 2. The molecule has 2 aromatic rings. The smallest absolute Gasteiger partial charge is 0.307 e. The molecule has 0 saturated heterocycles. The van der Waals surface area contributed by atoms with E-state index in [-0.39, 0.29) is 24.3 Å². The molecular weight excluding hydrogens is 382 g/mol. The molecule has 2 aromatic heterocycles. The van der Waals surface area contributed by atoms with Crippen LogP contribution >= 0.6 is 11.3 Å². The minimum Gasteiger partial charge on any atom is -0.453 e. The van der Waals surface area contributed by atoms with Crippen molar-refractivity contribution in [3.8, 4) is 0 Å². The molecule has 8 nitrogen and oxygen atoms in total. The molecule has 0 radical (unpaired) electrons. The summed E-state index contributed by atoms with van der Waals surface area (Å²) in [6.07, 6.45) is 3.58. The number of carbonyl (C=O) groups is 2. The molecule has 3 rings (SSSR count). The second-order valence-electron chi connectivity index (χ2n) is 6.82. The minimum atomic E-state index is -0.886. The van der Waals surface area contributed by atoms with Crippen LogP contribution in [0.1, 0.15) is 42.5 Å². The predicted molar refractivity (Wildman–Crippen MR) is 106 cm³/mol. The van der Waals surface area contributed by atoms with Crippen LogP contribution in [0, 0.1) is 0 Å². The minimum absolute atomic E-state index is 0.0369. The van der Waals surface area contributed by atoms with Gasteiger partial charge in [-0.15, -0.1) is 11.3 Å². The first kappa shape index (κ1) is 20.5. The molecule has 2 N–H and O–H groups in total. The lowest BCUT2D eigenvalue weighted by molar-refractivity contribution is -0.154. The Morgan fingerprint density at radius 1 is 1.32 bits per heavy atom. The highest BCUT2D eigenvalue weighted by Crippen LogP contribution is 2.33. The van der Waals surface area contributed by atoms with Gasteiger partial charge in [-0.25, -0.2) is 4.98 Å².